The molecule has 0 unspecified atom stereocenters. The highest BCUT2D eigenvalue weighted by Gasteiger charge is 2.11. The molecule has 130 valence electrons. The first-order valence-electron chi connectivity index (χ1n) is 6.88. The molecule has 0 saturated carbocycles. The van der Waals surface area contributed by atoms with Crippen molar-refractivity contribution in [2.45, 2.75) is 19.9 Å². The van der Waals surface area contributed by atoms with E-state index < -0.39 is 15.8 Å². The minimum absolute atomic E-state index is 0.0592. The Kier molecular flexibility index (Phi) is 5.40. The van der Waals surface area contributed by atoms with E-state index >= 15 is 0 Å². The van der Waals surface area contributed by atoms with Crippen molar-refractivity contribution in [2.24, 2.45) is 0 Å². The van der Waals surface area contributed by atoms with Crippen molar-refractivity contribution < 1.29 is 17.6 Å². The molecule has 0 aliphatic heterocycles. The van der Waals surface area contributed by atoms with Crippen LogP contribution in [0.25, 0.3) is 0 Å². The minimum atomic E-state index is -3.63. The second-order valence-corrected chi connectivity index (χ2v) is 7.73. The third kappa shape index (κ3) is 4.90. The lowest BCUT2D eigenvalue weighted by Crippen LogP contribution is -2.20. The van der Waals surface area contributed by atoms with Crippen LogP contribution < -0.4 is 14.9 Å². The molecule has 0 atom stereocenters. The largest absolute Gasteiger partial charge is 0.326 e. The number of hydrogen-bond acceptors (Lipinski definition) is 5. The zero-order chi connectivity index (χ0) is 17.9. The van der Waals surface area contributed by atoms with Crippen LogP contribution in [0.2, 0.25) is 0 Å². The van der Waals surface area contributed by atoms with Crippen molar-refractivity contribution in [1.82, 2.24) is 4.57 Å². The summed E-state index contributed by atoms with van der Waals surface area (Å²) >= 11 is 1.06. The van der Waals surface area contributed by atoms with Crippen LogP contribution in [0.4, 0.5) is 15.8 Å². The van der Waals surface area contributed by atoms with Crippen LogP contribution in [-0.4, -0.2) is 25.1 Å². The summed E-state index contributed by atoms with van der Waals surface area (Å²) in [5.41, 5.74) is 0.779. The first-order chi connectivity index (χ1) is 11.2. The number of amides is 1. The smallest absolute Gasteiger partial charge is 0.307 e. The predicted molar refractivity (Wildman–Crippen MR) is 91.4 cm³/mol. The van der Waals surface area contributed by atoms with Crippen molar-refractivity contribution >= 4 is 38.6 Å². The maximum Gasteiger partial charge on any atom is 0.307 e. The van der Waals surface area contributed by atoms with Crippen molar-refractivity contribution in [2.75, 3.05) is 16.3 Å². The Morgan fingerprint density at radius 3 is 2.67 bits per heavy atom. The van der Waals surface area contributed by atoms with E-state index in [1.54, 1.807) is 12.3 Å². The Hall–Kier alpha value is -2.20. The van der Waals surface area contributed by atoms with E-state index in [1.165, 1.54) is 16.7 Å². The molecule has 0 radical (unpaired) electrons. The summed E-state index contributed by atoms with van der Waals surface area (Å²) in [5, 5.41) is 4.26. The summed E-state index contributed by atoms with van der Waals surface area (Å²) in [7, 11) is -3.63. The molecule has 1 heterocycles. The third-order valence-electron chi connectivity index (χ3n) is 3.08. The zero-order valence-corrected chi connectivity index (χ0v) is 14.6. The van der Waals surface area contributed by atoms with E-state index in [9.17, 15) is 22.4 Å². The molecule has 0 aliphatic carbocycles. The molecule has 0 spiro atoms. The van der Waals surface area contributed by atoms with Crippen molar-refractivity contribution in [1.29, 1.82) is 0 Å². The Bertz CT molecular complexity index is 918. The van der Waals surface area contributed by atoms with Gasteiger partial charge in [-0.05, 0) is 25.1 Å². The van der Waals surface area contributed by atoms with E-state index in [4.69, 9.17) is 0 Å². The van der Waals surface area contributed by atoms with Gasteiger partial charge in [0.15, 0.2) is 0 Å². The van der Waals surface area contributed by atoms with E-state index in [0.717, 1.165) is 29.4 Å². The van der Waals surface area contributed by atoms with E-state index in [1.807, 2.05) is 4.72 Å². The van der Waals surface area contributed by atoms with E-state index in [-0.39, 0.29) is 35.1 Å². The summed E-state index contributed by atoms with van der Waals surface area (Å²) in [6.07, 6.45) is 0.961. The number of nitrogens with zero attached hydrogens (tertiary/aromatic N) is 1. The lowest BCUT2D eigenvalue weighted by atomic mass is 10.2. The molecule has 0 fully saturated rings. The molecule has 2 N–H and O–H groups in total. The van der Waals surface area contributed by atoms with Crippen LogP contribution in [-0.2, 0) is 21.4 Å². The fourth-order valence-corrected chi connectivity index (χ4v) is 3.31. The fraction of sp³-hybridized carbons (Fsp3) is 0.286. The van der Waals surface area contributed by atoms with Gasteiger partial charge in [-0.1, -0.05) is 11.3 Å². The Balaban J connectivity index is 2.04. The summed E-state index contributed by atoms with van der Waals surface area (Å²) in [6.45, 7) is 2.01. The Morgan fingerprint density at radius 1 is 1.38 bits per heavy atom. The average molecular weight is 373 g/mol. The SMILES string of the molecule is Cc1csc(=O)n1CCC(=O)Nc1ccc(F)c(NS(C)(=O)=O)c1. The molecule has 7 nitrogen and oxygen atoms in total. The molecule has 10 heteroatoms. The first-order valence-corrected chi connectivity index (χ1v) is 9.65. The van der Waals surface area contributed by atoms with Gasteiger partial charge in [-0.2, -0.15) is 0 Å². The van der Waals surface area contributed by atoms with E-state index in [0.29, 0.717) is 0 Å². The number of halogens is 1. The molecule has 0 aliphatic rings. The fourth-order valence-electron chi connectivity index (χ4n) is 1.99. The second kappa shape index (κ2) is 7.14. The number of benzene rings is 1. The predicted octanol–water partition coefficient (Wildman–Crippen LogP) is 1.76. The molecule has 0 saturated heterocycles. The maximum atomic E-state index is 13.6. The van der Waals surface area contributed by atoms with Crippen LogP contribution in [0.1, 0.15) is 12.1 Å². The summed E-state index contributed by atoms with van der Waals surface area (Å²) in [5.74, 6) is -1.12. The normalized spacial score (nSPS) is 11.3. The van der Waals surface area contributed by atoms with Gasteiger partial charge >= 0.3 is 4.87 Å². The van der Waals surface area contributed by atoms with Crippen LogP contribution in [0.5, 0.6) is 0 Å². The number of sulfonamides is 1. The van der Waals surface area contributed by atoms with Gasteiger partial charge in [0.05, 0.1) is 11.9 Å². The van der Waals surface area contributed by atoms with Gasteiger partial charge in [0.25, 0.3) is 0 Å². The molecule has 1 aromatic carbocycles. The van der Waals surface area contributed by atoms with Crippen LogP contribution >= 0.6 is 11.3 Å². The van der Waals surface area contributed by atoms with Crippen LogP contribution in [0.15, 0.2) is 28.4 Å². The first kappa shape index (κ1) is 18.1. The molecule has 0 bridgehead atoms. The highest BCUT2D eigenvalue weighted by molar-refractivity contribution is 7.92. The van der Waals surface area contributed by atoms with Gasteiger partial charge in [-0.25, -0.2) is 12.8 Å². The number of anilines is 2. The number of nitrogens with one attached hydrogen (secondary N) is 2. The van der Waals surface area contributed by atoms with Gasteiger partial charge in [-0.15, -0.1) is 0 Å². The molecular weight excluding hydrogens is 357 g/mol. The Labute approximate surface area is 142 Å². The number of carbonyl (C=O) groups excluding carboxylic acids is 1. The molecule has 2 rings (SSSR count). The van der Waals surface area contributed by atoms with Gasteiger partial charge in [0.2, 0.25) is 15.9 Å². The summed E-state index contributed by atoms with van der Waals surface area (Å²) in [4.78, 5) is 23.4. The van der Waals surface area contributed by atoms with Gasteiger partial charge in [0, 0.05) is 29.7 Å². The third-order valence-corrected chi connectivity index (χ3v) is 4.56. The highest BCUT2D eigenvalue weighted by atomic mass is 32.2. The molecule has 24 heavy (non-hydrogen) atoms. The number of hydrogen-bond donors (Lipinski definition) is 2. The quantitative estimate of drug-likeness (QED) is 0.806. The number of thiazole rings is 1. The zero-order valence-electron chi connectivity index (χ0n) is 13.0. The van der Waals surface area contributed by atoms with Crippen molar-refractivity contribution in [3.63, 3.8) is 0 Å². The molecule has 1 amide bonds. The van der Waals surface area contributed by atoms with Gasteiger partial charge < -0.3 is 9.88 Å². The maximum absolute atomic E-state index is 13.6. The van der Waals surface area contributed by atoms with Crippen LogP contribution in [0, 0.1) is 12.7 Å². The number of rotatable bonds is 6. The van der Waals surface area contributed by atoms with Gasteiger partial charge in [0.1, 0.15) is 5.82 Å². The standard InChI is InChI=1S/C14H16FN3O4S2/c1-9-8-23-14(20)18(9)6-5-13(19)16-10-3-4-11(15)12(7-10)17-24(2,21)22/h3-4,7-8,17H,5-6H2,1-2H3,(H,16,19). The van der Waals surface area contributed by atoms with Crippen molar-refractivity contribution in [3.8, 4) is 0 Å². The number of aromatic nitrogens is 1. The summed E-state index contributed by atoms with van der Waals surface area (Å²) < 4.78 is 39.5. The van der Waals surface area contributed by atoms with Crippen LogP contribution in [0.3, 0.4) is 0 Å². The minimum Gasteiger partial charge on any atom is -0.326 e. The number of aryl methyl sites for hydroxylation is 1. The Morgan fingerprint density at radius 2 is 2.08 bits per heavy atom. The van der Waals surface area contributed by atoms with E-state index in [2.05, 4.69) is 5.32 Å². The second-order valence-electron chi connectivity index (χ2n) is 5.16. The molecule has 2 aromatic rings. The summed E-state index contributed by atoms with van der Waals surface area (Å²) in [6, 6.07) is 3.57. The lowest BCUT2D eigenvalue weighted by Gasteiger charge is -2.10. The lowest BCUT2D eigenvalue weighted by molar-refractivity contribution is -0.116. The monoisotopic (exact) mass is 373 g/mol. The molecule has 1 aromatic heterocycles. The van der Waals surface area contributed by atoms with Crippen molar-refractivity contribution in [3.05, 3.63) is 44.8 Å². The van der Waals surface area contributed by atoms with Gasteiger partial charge in [-0.3, -0.25) is 14.3 Å². The number of carbonyl (C=O) groups is 1. The average Bonchev–Trinajstić information content (AvgIpc) is 2.78. The topological polar surface area (TPSA) is 97.3 Å². The highest BCUT2D eigenvalue weighted by Crippen LogP contribution is 2.20. The molecular formula is C14H16FN3O4S2.